The summed E-state index contributed by atoms with van der Waals surface area (Å²) in [5.74, 6) is 0. The largest absolute Gasteiger partial charge is 0.354 e. The average Bonchev–Trinajstić information content (AvgIpc) is 1.87. The molecule has 2 unspecified atom stereocenters. The Morgan fingerprint density at radius 3 is 1.73 bits per heavy atom. The second-order valence-corrected chi connectivity index (χ2v) is 5.56. The van der Waals surface area contributed by atoms with Crippen molar-refractivity contribution in [1.29, 1.82) is 0 Å². The third kappa shape index (κ3) is 7.60. The normalized spacial score (nSPS) is 16.4. The van der Waals surface area contributed by atoms with Gasteiger partial charge in [0.1, 0.15) is 10.9 Å². The van der Waals surface area contributed by atoms with Gasteiger partial charge in [-0.3, -0.25) is 0 Å². The predicted octanol–water partition coefficient (Wildman–Crippen LogP) is 3.55. The zero-order valence-electron chi connectivity index (χ0n) is 6.55. The molecule has 0 aromatic carbocycles. The van der Waals surface area contributed by atoms with E-state index in [4.69, 9.17) is 27.9 Å². The molecule has 2 atom stereocenters. The quantitative estimate of drug-likeness (QED) is 0.514. The van der Waals surface area contributed by atoms with E-state index in [9.17, 15) is 0 Å². The van der Waals surface area contributed by atoms with Crippen molar-refractivity contribution in [2.45, 2.75) is 24.7 Å². The van der Waals surface area contributed by atoms with E-state index in [0.717, 1.165) is 0 Å². The van der Waals surface area contributed by atoms with Crippen LogP contribution in [0, 0.1) is 0 Å². The highest BCUT2D eigenvalue weighted by Gasteiger charge is 2.07. The van der Waals surface area contributed by atoms with Crippen LogP contribution >= 0.6 is 46.7 Å². The first-order valence-electron chi connectivity index (χ1n) is 3.21. The highest BCUT2D eigenvalue weighted by molar-refractivity contribution is 8.01. The maximum Gasteiger partial charge on any atom is 0.103 e. The molecular formula is C6H12Cl2OS2. The molecule has 0 saturated heterocycles. The molecule has 0 aromatic rings. The smallest absolute Gasteiger partial charge is 0.103 e. The van der Waals surface area contributed by atoms with Crippen molar-refractivity contribution in [3.8, 4) is 0 Å². The molecule has 1 nitrogen and oxygen atoms in total. The highest BCUT2D eigenvalue weighted by Crippen LogP contribution is 2.20. The van der Waals surface area contributed by atoms with Gasteiger partial charge < -0.3 is 4.74 Å². The van der Waals surface area contributed by atoms with Crippen molar-refractivity contribution in [3.05, 3.63) is 0 Å². The fraction of sp³-hybridized carbons (Fsp3) is 1.00. The molecule has 0 rings (SSSR count). The van der Waals surface area contributed by atoms with Crippen LogP contribution in [0.2, 0.25) is 0 Å². The summed E-state index contributed by atoms with van der Waals surface area (Å²) in [6.07, 6.45) is 0. The lowest BCUT2D eigenvalue weighted by molar-refractivity contribution is 0.114. The molecule has 11 heavy (non-hydrogen) atoms. The first kappa shape index (κ1) is 12.2. The van der Waals surface area contributed by atoms with Gasteiger partial charge in [-0.05, 0) is 13.8 Å². The van der Waals surface area contributed by atoms with Crippen LogP contribution < -0.4 is 0 Å². The van der Waals surface area contributed by atoms with Crippen LogP contribution in [0.3, 0.4) is 0 Å². The van der Waals surface area contributed by atoms with Crippen LogP contribution in [0.15, 0.2) is 0 Å². The fourth-order valence-electron chi connectivity index (χ4n) is 0.526. The van der Waals surface area contributed by atoms with E-state index >= 15 is 0 Å². The zero-order chi connectivity index (χ0) is 8.69. The van der Waals surface area contributed by atoms with Gasteiger partial charge in [0.25, 0.3) is 0 Å². The predicted molar refractivity (Wildman–Crippen MR) is 56.6 cm³/mol. The summed E-state index contributed by atoms with van der Waals surface area (Å²) in [4.78, 5) is 0. The fourth-order valence-corrected chi connectivity index (χ4v) is 2.51. The minimum atomic E-state index is 0.151. The Balaban J connectivity index is 3.32. The Labute approximate surface area is 86.5 Å². The van der Waals surface area contributed by atoms with Gasteiger partial charge in [0.2, 0.25) is 0 Å². The first-order valence-corrected chi connectivity index (χ1v) is 6.38. The monoisotopic (exact) mass is 234 g/mol. The lowest BCUT2D eigenvalue weighted by Gasteiger charge is -2.16. The number of thioether (sulfide) groups is 2. The van der Waals surface area contributed by atoms with Gasteiger partial charge in [-0.1, -0.05) is 0 Å². The minimum Gasteiger partial charge on any atom is -0.354 e. The van der Waals surface area contributed by atoms with Gasteiger partial charge >= 0.3 is 0 Å². The van der Waals surface area contributed by atoms with Crippen LogP contribution in [0.1, 0.15) is 13.8 Å². The third-order valence-corrected chi connectivity index (χ3v) is 3.15. The Bertz CT molecular complexity index is 84.7. The second kappa shape index (κ2) is 7.87. The summed E-state index contributed by atoms with van der Waals surface area (Å²) in [6.45, 7) is 3.97. The molecule has 0 aliphatic heterocycles. The van der Waals surface area contributed by atoms with Crippen molar-refractivity contribution in [2.24, 2.45) is 0 Å². The minimum absolute atomic E-state index is 0.151. The molecule has 0 spiro atoms. The SMILES string of the molecule is CC(OC(C)SCCl)SCCl. The van der Waals surface area contributed by atoms with Gasteiger partial charge in [-0.2, -0.15) is 0 Å². The Hall–Kier alpha value is 1.24. The first-order chi connectivity index (χ1) is 5.20. The van der Waals surface area contributed by atoms with Crippen LogP contribution in [0.25, 0.3) is 0 Å². The van der Waals surface area contributed by atoms with E-state index in [2.05, 4.69) is 0 Å². The summed E-state index contributed by atoms with van der Waals surface area (Å²) in [5.41, 5.74) is 0.302. The summed E-state index contributed by atoms with van der Waals surface area (Å²) in [7, 11) is 0. The van der Waals surface area contributed by atoms with E-state index in [-0.39, 0.29) is 10.9 Å². The lowest BCUT2D eigenvalue weighted by atomic mass is 10.8. The molecule has 5 heteroatoms. The average molecular weight is 235 g/mol. The molecule has 0 radical (unpaired) electrons. The van der Waals surface area contributed by atoms with Crippen LogP contribution in [0.5, 0.6) is 0 Å². The molecule has 0 N–H and O–H groups in total. The van der Waals surface area contributed by atoms with Gasteiger partial charge in [-0.15, -0.1) is 46.7 Å². The van der Waals surface area contributed by atoms with E-state index < -0.39 is 0 Å². The molecule has 0 heterocycles. The van der Waals surface area contributed by atoms with Gasteiger partial charge in [0.15, 0.2) is 0 Å². The van der Waals surface area contributed by atoms with Gasteiger partial charge in [0, 0.05) is 0 Å². The number of halogens is 2. The van der Waals surface area contributed by atoms with Crippen molar-refractivity contribution >= 4 is 46.7 Å². The maximum absolute atomic E-state index is 5.51. The van der Waals surface area contributed by atoms with E-state index in [0.29, 0.717) is 10.4 Å². The molecule has 0 bridgehead atoms. The van der Waals surface area contributed by atoms with E-state index in [1.165, 1.54) is 0 Å². The Morgan fingerprint density at radius 2 is 1.45 bits per heavy atom. The topological polar surface area (TPSA) is 9.23 Å². The number of hydrogen-bond acceptors (Lipinski definition) is 3. The molecule has 0 saturated carbocycles. The number of alkyl halides is 2. The summed E-state index contributed by atoms with van der Waals surface area (Å²) in [6, 6.07) is 0. The summed E-state index contributed by atoms with van der Waals surface area (Å²) < 4.78 is 5.49. The Kier molecular flexibility index (Phi) is 8.75. The van der Waals surface area contributed by atoms with E-state index in [1.807, 2.05) is 13.8 Å². The molecular weight excluding hydrogens is 223 g/mol. The maximum atomic E-state index is 5.51. The van der Waals surface area contributed by atoms with Crippen molar-refractivity contribution < 1.29 is 4.74 Å². The third-order valence-electron chi connectivity index (χ3n) is 0.979. The summed E-state index contributed by atoms with van der Waals surface area (Å²) in [5, 5.41) is 1.14. The lowest BCUT2D eigenvalue weighted by Crippen LogP contribution is -2.10. The molecule has 0 aliphatic carbocycles. The van der Waals surface area contributed by atoms with Crippen LogP contribution in [-0.4, -0.2) is 21.3 Å². The van der Waals surface area contributed by atoms with Crippen LogP contribution in [-0.2, 0) is 4.74 Å². The number of rotatable bonds is 6. The highest BCUT2D eigenvalue weighted by atomic mass is 35.5. The van der Waals surface area contributed by atoms with Gasteiger partial charge in [0.05, 0.1) is 10.4 Å². The Morgan fingerprint density at radius 1 is 1.09 bits per heavy atom. The molecule has 0 amide bonds. The van der Waals surface area contributed by atoms with E-state index in [1.54, 1.807) is 23.5 Å². The molecule has 68 valence electrons. The number of ether oxygens (including phenoxy) is 1. The van der Waals surface area contributed by atoms with Crippen LogP contribution in [0.4, 0.5) is 0 Å². The van der Waals surface area contributed by atoms with Crippen molar-refractivity contribution in [3.63, 3.8) is 0 Å². The standard InChI is InChI=1S/C6H12Cl2OS2/c1-5(10-3-7)9-6(2)11-4-8/h5-6H,3-4H2,1-2H3. The second-order valence-electron chi connectivity index (χ2n) is 1.82. The molecule has 0 fully saturated rings. The summed E-state index contributed by atoms with van der Waals surface area (Å²) >= 11 is 14.2. The molecule has 0 aromatic heterocycles. The zero-order valence-corrected chi connectivity index (χ0v) is 9.69. The van der Waals surface area contributed by atoms with Gasteiger partial charge in [-0.25, -0.2) is 0 Å². The van der Waals surface area contributed by atoms with Crippen molar-refractivity contribution in [1.82, 2.24) is 0 Å². The molecule has 0 aliphatic rings. The van der Waals surface area contributed by atoms with Crippen molar-refractivity contribution in [2.75, 3.05) is 10.4 Å². The number of hydrogen-bond donors (Lipinski definition) is 0.